The molecule has 0 fully saturated rings. The lowest BCUT2D eigenvalue weighted by molar-refractivity contribution is 1.27. The maximum atomic E-state index is 5.00. The van der Waals surface area contributed by atoms with Crippen LogP contribution < -0.4 is 0 Å². The lowest BCUT2D eigenvalue weighted by Crippen LogP contribution is -1.95. The zero-order valence-corrected chi connectivity index (χ0v) is 7.84. The van der Waals surface area contributed by atoms with E-state index >= 15 is 0 Å². The summed E-state index contributed by atoms with van der Waals surface area (Å²) in [5.74, 6) is 0. The lowest BCUT2D eigenvalue weighted by atomic mass is 10.0. The van der Waals surface area contributed by atoms with E-state index in [2.05, 4.69) is 17.1 Å². The average molecular weight is 186 g/mol. The third kappa shape index (κ3) is 1.90. The second-order valence-electron chi connectivity index (χ2n) is 2.79. The zero-order valence-electron chi connectivity index (χ0n) is 7.03. The Bertz CT molecular complexity index is 376. The molecule has 0 aromatic carbocycles. The number of rotatable bonds is 1. The van der Waals surface area contributed by atoms with Crippen molar-refractivity contribution in [3.8, 4) is 0 Å². The number of hydrogen-bond donors (Lipinski definition) is 0. The van der Waals surface area contributed by atoms with Gasteiger partial charge in [-0.05, 0) is 29.9 Å². The van der Waals surface area contributed by atoms with Crippen molar-refractivity contribution in [3.63, 3.8) is 0 Å². The summed E-state index contributed by atoms with van der Waals surface area (Å²) in [6, 6.07) is 5.87. The normalized spacial score (nSPS) is 15.7. The van der Waals surface area contributed by atoms with Gasteiger partial charge < -0.3 is 0 Å². The second kappa shape index (κ2) is 3.62. The predicted octanol–water partition coefficient (Wildman–Crippen LogP) is 2.60. The van der Waals surface area contributed by atoms with Crippen LogP contribution in [0.5, 0.6) is 0 Å². The summed E-state index contributed by atoms with van der Waals surface area (Å²) >= 11 is 5.00. The van der Waals surface area contributed by atoms with Gasteiger partial charge in [0.05, 0.1) is 5.69 Å². The van der Waals surface area contributed by atoms with Crippen LogP contribution in [0.1, 0.15) is 12.1 Å². The Hall–Kier alpha value is -1.28. The first-order valence-electron chi connectivity index (χ1n) is 4.10. The summed E-state index contributed by atoms with van der Waals surface area (Å²) < 4.78 is 0. The second-order valence-corrected chi connectivity index (χ2v) is 3.28. The Morgan fingerprint density at radius 3 is 2.92 bits per heavy atom. The van der Waals surface area contributed by atoms with E-state index in [1.165, 1.54) is 0 Å². The van der Waals surface area contributed by atoms with Gasteiger partial charge in [0, 0.05) is 17.5 Å². The fourth-order valence-corrected chi connectivity index (χ4v) is 1.33. The molecule has 0 saturated carbocycles. The van der Waals surface area contributed by atoms with Gasteiger partial charge in [0.2, 0.25) is 0 Å². The quantitative estimate of drug-likeness (QED) is 0.625. The van der Waals surface area contributed by atoms with E-state index in [0.29, 0.717) is 0 Å². The molecule has 0 unspecified atom stereocenters. The van der Waals surface area contributed by atoms with Gasteiger partial charge in [-0.2, -0.15) is 0 Å². The molecule has 0 N–H and O–H groups in total. The van der Waals surface area contributed by atoms with Crippen LogP contribution in [0.25, 0.3) is 5.57 Å². The molecular formula is C11H8NS. The van der Waals surface area contributed by atoms with Gasteiger partial charge in [0.25, 0.3) is 0 Å². The molecule has 0 bridgehead atoms. The first kappa shape index (κ1) is 8.32. The van der Waals surface area contributed by atoms with E-state index in [9.17, 15) is 0 Å². The number of nitrogens with zero attached hydrogens (tertiary/aromatic N) is 1. The fourth-order valence-electron chi connectivity index (χ4n) is 1.19. The standard InChI is InChI=1S/C11H8NS/c13-10-6-4-9(5-7-10)11-3-1-2-8-12-11/h1-5,8H,6H2. The highest BCUT2D eigenvalue weighted by Crippen LogP contribution is 2.17. The Morgan fingerprint density at radius 1 is 1.38 bits per heavy atom. The van der Waals surface area contributed by atoms with E-state index < -0.39 is 0 Å². The van der Waals surface area contributed by atoms with E-state index in [1.54, 1.807) is 6.20 Å². The summed E-state index contributed by atoms with van der Waals surface area (Å²) in [6.45, 7) is 0. The molecule has 1 radical (unpaired) electrons. The van der Waals surface area contributed by atoms with Gasteiger partial charge >= 0.3 is 0 Å². The van der Waals surface area contributed by atoms with Gasteiger partial charge in [-0.25, -0.2) is 0 Å². The van der Waals surface area contributed by atoms with Crippen molar-refractivity contribution in [2.24, 2.45) is 0 Å². The van der Waals surface area contributed by atoms with Crippen LogP contribution in [0.15, 0.2) is 36.5 Å². The van der Waals surface area contributed by atoms with Crippen molar-refractivity contribution in [1.29, 1.82) is 0 Å². The third-order valence-electron chi connectivity index (χ3n) is 1.86. The number of aromatic nitrogens is 1. The van der Waals surface area contributed by atoms with Crippen LogP contribution in [0, 0.1) is 6.08 Å². The molecule has 63 valence electrons. The van der Waals surface area contributed by atoms with E-state index in [-0.39, 0.29) is 0 Å². The van der Waals surface area contributed by atoms with Crippen LogP contribution in [0.3, 0.4) is 0 Å². The molecule has 1 aliphatic rings. The number of thiocarbonyl (C=S) groups is 1. The summed E-state index contributed by atoms with van der Waals surface area (Å²) in [4.78, 5) is 5.11. The van der Waals surface area contributed by atoms with Crippen molar-refractivity contribution in [3.05, 3.63) is 48.3 Å². The lowest BCUT2D eigenvalue weighted by Gasteiger charge is -2.05. The van der Waals surface area contributed by atoms with E-state index in [0.717, 1.165) is 22.6 Å². The summed E-state index contributed by atoms with van der Waals surface area (Å²) in [5.41, 5.74) is 2.09. The molecule has 0 saturated heterocycles. The largest absolute Gasteiger partial charge is 0.256 e. The van der Waals surface area contributed by atoms with Crippen molar-refractivity contribution >= 4 is 22.7 Å². The minimum atomic E-state index is 0.803. The summed E-state index contributed by atoms with van der Waals surface area (Å²) in [5, 5.41) is 0. The molecule has 0 aliphatic heterocycles. The van der Waals surface area contributed by atoms with Crippen molar-refractivity contribution in [2.75, 3.05) is 0 Å². The topological polar surface area (TPSA) is 12.9 Å². The summed E-state index contributed by atoms with van der Waals surface area (Å²) in [6.07, 6.45) is 9.60. The smallest absolute Gasteiger partial charge is 0.0699 e. The molecule has 1 aliphatic carbocycles. The average Bonchev–Trinajstić information content (AvgIpc) is 2.20. The molecule has 0 amide bonds. The van der Waals surface area contributed by atoms with Crippen LogP contribution in [-0.2, 0) is 0 Å². The molecule has 13 heavy (non-hydrogen) atoms. The van der Waals surface area contributed by atoms with Gasteiger partial charge in [-0.1, -0.05) is 24.4 Å². The molecular weight excluding hydrogens is 178 g/mol. The van der Waals surface area contributed by atoms with Crippen molar-refractivity contribution < 1.29 is 0 Å². The fraction of sp³-hybridized carbons (Fsp3) is 0.0909. The molecule has 1 nitrogen and oxygen atoms in total. The maximum Gasteiger partial charge on any atom is 0.0699 e. The van der Waals surface area contributed by atoms with Crippen molar-refractivity contribution in [1.82, 2.24) is 4.98 Å². The van der Waals surface area contributed by atoms with Crippen LogP contribution >= 0.6 is 12.2 Å². The Morgan fingerprint density at radius 2 is 2.31 bits per heavy atom. The summed E-state index contributed by atoms with van der Waals surface area (Å²) in [7, 11) is 0. The van der Waals surface area contributed by atoms with Crippen LogP contribution in [-0.4, -0.2) is 9.85 Å². The Kier molecular flexibility index (Phi) is 2.32. The number of hydrogen-bond acceptors (Lipinski definition) is 2. The van der Waals surface area contributed by atoms with Gasteiger partial charge in [-0.15, -0.1) is 0 Å². The predicted molar refractivity (Wildman–Crippen MR) is 57.2 cm³/mol. The Balaban J connectivity index is 2.30. The van der Waals surface area contributed by atoms with Gasteiger partial charge in [0.1, 0.15) is 0 Å². The maximum absolute atomic E-state index is 5.00. The minimum Gasteiger partial charge on any atom is -0.256 e. The SMILES string of the molecule is S=C1[C]=CC(c2ccccn2)=CC1. The highest BCUT2D eigenvalue weighted by atomic mass is 32.1. The third-order valence-corrected chi connectivity index (χ3v) is 2.14. The molecule has 1 heterocycles. The molecule has 1 aromatic rings. The minimum absolute atomic E-state index is 0.803. The van der Waals surface area contributed by atoms with E-state index in [1.807, 2.05) is 24.3 Å². The molecule has 2 heteroatoms. The van der Waals surface area contributed by atoms with Gasteiger partial charge in [-0.3, -0.25) is 4.98 Å². The highest BCUT2D eigenvalue weighted by molar-refractivity contribution is 7.80. The molecule has 0 atom stereocenters. The monoisotopic (exact) mass is 186 g/mol. The van der Waals surface area contributed by atoms with Crippen molar-refractivity contribution in [2.45, 2.75) is 6.42 Å². The first-order chi connectivity index (χ1) is 6.36. The van der Waals surface area contributed by atoms with Gasteiger partial charge in [0.15, 0.2) is 0 Å². The van der Waals surface area contributed by atoms with Crippen LogP contribution in [0.4, 0.5) is 0 Å². The number of allylic oxidation sites excluding steroid dienone is 4. The zero-order chi connectivity index (χ0) is 9.10. The van der Waals surface area contributed by atoms with Crippen LogP contribution in [0.2, 0.25) is 0 Å². The number of pyridine rings is 1. The first-order valence-corrected chi connectivity index (χ1v) is 4.51. The molecule has 0 spiro atoms. The van der Waals surface area contributed by atoms with E-state index in [4.69, 9.17) is 12.2 Å². The molecule has 1 aromatic heterocycles. The Labute approximate surface area is 82.8 Å². The highest BCUT2D eigenvalue weighted by Gasteiger charge is 2.03. The molecule has 2 rings (SSSR count).